The van der Waals surface area contributed by atoms with Crippen molar-refractivity contribution in [2.75, 3.05) is 5.32 Å². The number of aromatic nitrogens is 3. The van der Waals surface area contributed by atoms with Gasteiger partial charge in [0.05, 0.1) is 5.69 Å². The van der Waals surface area contributed by atoms with E-state index < -0.39 is 0 Å². The Morgan fingerprint density at radius 3 is 2.39 bits per heavy atom. The maximum absolute atomic E-state index is 13.1. The summed E-state index contributed by atoms with van der Waals surface area (Å²) < 4.78 is 1.77. The quantitative estimate of drug-likeness (QED) is 0.364. The Labute approximate surface area is 192 Å². The summed E-state index contributed by atoms with van der Waals surface area (Å²) in [4.78, 5) is 17.8. The third-order valence-electron chi connectivity index (χ3n) is 5.69. The van der Waals surface area contributed by atoms with Gasteiger partial charge in [-0.3, -0.25) is 4.79 Å². The van der Waals surface area contributed by atoms with Crippen LogP contribution in [0, 0.1) is 20.8 Å². The molecule has 5 heteroatoms. The summed E-state index contributed by atoms with van der Waals surface area (Å²) in [7, 11) is 0. The van der Waals surface area contributed by atoms with Crippen molar-refractivity contribution in [1.82, 2.24) is 14.8 Å². The van der Waals surface area contributed by atoms with Crippen molar-refractivity contribution in [3.8, 4) is 17.1 Å². The molecule has 162 valence electrons. The lowest BCUT2D eigenvalue weighted by Crippen LogP contribution is -2.14. The van der Waals surface area contributed by atoms with Crippen molar-refractivity contribution < 1.29 is 4.79 Å². The van der Waals surface area contributed by atoms with Gasteiger partial charge in [-0.2, -0.15) is 0 Å². The predicted molar refractivity (Wildman–Crippen MR) is 133 cm³/mol. The molecule has 1 amide bonds. The molecule has 0 aliphatic rings. The van der Waals surface area contributed by atoms with Crippen LogP contribution in [0.1, 0.15) is 27.3 Å². The lowest BCUT2D eigenvalue weighted by Gasteiger charge is -2.10. The van der Waals surface area contributed by atoms with Crippen LogP contribution in [0.3, 0.4) is 0 Å². The zero-order chi connectivity index (χ0) is 22.9. The lowest BCUT2D eigenvalue weighted by atomic mass is 10.1. The molecule has 0 aliphatic carbocycles. The van der Waals surface area contributed by atoms with E-state index in [4.69, 9.17) is 0 Å². The first-order valence-corrected chi connectivity index (χ1v) is 10.9. The highest BCUT2D eigenvalue weighted by molar-refractivity contribution is 6.03. The Kier molecular flexibility index (Phi) is 5.23. The maximum Gasteiger partial charge on any atom is 0.295 e. The molecule has 0 unspecified atom stereocenters. The van der Waals surface area contributed by atoms with Gasteiger partial charge in [0.2, 0.25) is 5.82 Å². The van der Waals surface area contributed by atoms with Crippen LogP contribution in [-0.4, -0.2) is 20.7 Å². The number of benzene rings is 4. The summed E-state index contributed by atoms with van der Waals surface area (Å²) in [5.41, 5.74) is 5.81. The van der Waals surface area contributed by atoms with Crippen molar-refractivity contribution in [2.45, 2.75) is 20.8 Å². The summed E-state index contributed by atoms with van der Waals surface area (Å²) in [6.07, 6.45) is 0. The SMILES string of the molecule is Cc1cccc(-c2nc(C(=O)Nc3ccc4ccccc4c3)nn2-c2cc(C)ccc2C)c1. The summed E-state index contributed by atoms with van der Waals surface area (Å²) >= 11 is 0. The minimum atomic E-state index is -0.344. The van der Waals surface area contributed by atoms with E-state index in [0.29, 0.717) is 11.5 Å². The third kappa shape index (κ3) is 4.13. The lowest BCUT2D eigenvalue weighted by molar-refractivity contribution is 0.101. The van der Waals surface area contributed by atoms with Gasteiger partial charge in [-0.15, -0.1) is 5.10 Å². The fourth-order valence-corrected chi connectivity index (χ4v) is 3.95. The Hall–Kier alpha value is -4.25. The van der Waals surface area contributed by atoms with Gasteiger partial charge in [0, 0.05) is 11.3 Å². The summed E-state index contributed by atoms with van der Waals surface area (Å²) in [6, 6.07) is 28.1. The van der Waals surface area contributed by atoms with Crippen molar-refractivity contribution in [3.05, 3.63) is 107 Å². The van der Waals surface area contributed by atoms with Gasteiger partial charge < -0.3 is 5.32 Å². The fourth-order valence-electron chi connectivity index (χ4n) is 3.95. The molecule has 0 bridgehead atoms. The van der Waals surface area contributed by atoms with Gasteiger partial charge in [0.15, 0.2) is 5.82 Å². The number of nitrogens with zero attached hydrogens (tertiary/aromatic N) is 3. The molecular weight excluding hydrogens is 408 g/mol. The van der Waals surface area contributed by atoms with E-state index in [9.17, 15) is 4.79 Å². The van der Waals surface area contributed by atoms with Crippen LogP contribution >= 0.6 is 0 Å². The molecule has 0 atom stereocenters. The predicted octanol–water partition coefficient (Wildman–Crippen LogP) is 6.27. The molecule has 0 radical (unpaired) electrons. The number of anilines is 1. The molecule has 0 saturated heterocycles. The van der Waals surface area contributed by atoms with E-state index >= 15 is 0 Å². The standard InChI is InChI=1S/C28H24N4O/c1-18-7-6-10-23(15-18)27-30-26(31-32(27)25-16-19(2)11-12-20(25)3)28(33)29-24-14-13-21-8-4-5-9-22(21)17-24/h4-17H,1-3H3,(H,29,33). The summed E-state index contributed by atoms with van der Waals surface area (Å²) in [6.45, 7) is 6.11. The molecule has 5 nitrogen and oxygen atoms in total. The topological polar surface area (TPSA) is 59.8 Å². The van der Waals surface area contributed by atoms with Crippen LogP contribution in [0.5, 0.6) is 0 Å². The minimum Gasteiger partial charge on any atom is -0.319 e. The number of amides is 1. The second-order valence-electron chi connectivity index (χ2n) is 8.35. The molecule has 0 aliphatic heterocycles. The first-order chi connectivity index (χ1) is 16.0. The number of carbonyl (C=O) groups is 1. The monoisotopic (exact) mass is 432 g/mol. The second kappa shape index (κ2) is 8.36. The Morgan fingerprint density at radius 1 is 0.788 bits per heavy atom. The van der Waals surface area contributed by atoms with Crippen LogP contribution < -0.4 is 5.32 Å². The van der Waals surface area contributed by atoms with Crippen LogP contribution in [-0.2, 0) is 0 Å². The van der Waals surface area contributed by atoms with E-state index in [1.165, 1.54) is 0 Å². The fraction of sp³-hybridized carbons (Fsp3) is 0.107. The number of hydrogen-bond acceptors (Lipinski definition) is 3. The first-order valence-electron chi connectivity index (χ1n) is 10.9. The minimum absolute atomic E-state index is 0.126. The molecule has 1 N–H and O–H groups in total. The molecule has 0 spiro atoms. The third-order valence-corrected chi connectivity index (χ3v) is 5.69. The van der Waals surface area contributed by atoms with Crippen LogP contribution in [0.15, 0.2) is 84.9 Å². The molecule has 0 fully saturated rings. The van der Waals surface area contributed by atoms with E-state index in [-0.39, 0.29) is 11.7 Å². The zero-order valence-corrected chi connectivity index (χ0v) is 18.8. The number of rotatable bonds is 4. The maximum atomic E-state index is 13.1. The van der Waals surface area contributed by atoms with Crippen molar-refractivity contribution in [2.24, 2.45) is 0 Å². The molecule has 33 heavy (non-hydrogen) atoms. The first kappa shape index (κ1) is 20.6. The van der Waals surface area contributed by atoms with Crippen molar-refractivity contribution in [3.63, 3.8) is 0 Å². The average molecular weight is 433 g/mol. The molecule has 5 rings (SSSR count). The molecular formula is C28H24N4O. The van der Waals surface area contributed by atoms with Crippen molar-refractivity contribution >= 4 is 22.4 Å². The number of fused-ring (bicyclic) bond motifs is 1. The van der Waals surface area contributed by atoms with Crippen LogP contribution in [0.2, 0.25) is 0 Å². The largest absolute Gasteiger partial charge is 0.319 e. The van der Waals surface area contributed by atoms with Gasteiger partial charge in [0.1, 0.15) is 0 Å². The van der Waals surface area contributed by atoms with Gasteiger partial charge in [-0.1, -0.05) is 66.2 Å². The van der Waals surface area contributed by atoms with E-state index in [0.717, 1.165) is 38.7 Å². The number of aryl methyl sites for hydroxylation is 3. The van der Waals surface area contributed by atoms with Gasteiger partial charge >= 0.3 is 0 Å². The van der Waals surface area contributed by atoms with Crippen LogP contribution in [0.25, 0.3) is 27.8 Å². The molecule has 1 aromatic heterocycles. The molecule has 0 saturated carbocycles. The van der Waals surface area contributed by atoms with E-state index in [1.807, 2.05) is 81.4 Å². The Bertz CT molecular complexity index is 1500. The highest BCUT2D eigenvalue weighted by atomic mass is 16.2. The van der Waals surface area contributed by atoms with Gasteiger partial charge in [-0.05, 0) is 66.9 Å². The molecule has 1 heterocycles. The number of hydrogen-bond donors (Lipinski definition) is 1. The average Bonchev–Trinajstić information content (AvgIpc) is 3.26. The zero-order valence-electron chi connectivity index (χ0n) is 18.8. The Morgan fingerprint density at radius 2 is 1.58 bits per heavy atom. The smallest absolute Gasteiger partial charge is 0.295 e. The highest BCUT2D eigenvalue weighted by Gasteiger charge is 2.20. The molecule has 4 aromatic carbocycles. The summed E-state index contributed by atoms with van der Waals surface area (Å²) in [5.74, 6) is 0.417. The van der Waals surface area contributed by atoms with Gasteiger partial charge in [-0.25, -0.2) is 9.67 Å². The summed E-state index contributed by atoms with van der Waals surface area (Å²) in [5, 5.41) is 9.77. The van der Waals surface area contributed by atoms with E-state index in [2.05, 4.69) is 39.7 Å². The number of carbonyl (C=O) groups excluding carboxylic acids is 1. The Balaban J connectivity index is 1.57. The van der Waals surface area contributed by atoms with Crippen LogP contribution in [0.4, 0.5) is 5.69 Å². The second-order valence-corrected chi connectivity index (χ2v) is 8.35. The van der Waals surface area contributed by atoms with Gasteiger partial charge in [0.25, 0.3) is 5.91 Å². The highest BCUT2D eigenvalue weighted by Crippen LogP contribution is 2.25. The molecule has 5 aromatic rings. The normalized spacial score (nSPS) is 11.0. The van der Waals surface area contributed by atoms with E-state index in [1.54, 1.807) is 4.68 Å². The number of nitrogens with one attached hydrogen (secondary N) is 1. The van der Waals surface area contributed by atoms with Crippen molar-refractivity contribution in [1.29, 1.82) is 0 Å².